The van der Waals surface area contributed by atoms with Crippen molar-refractivity contribution in [2.24, 2.45) is 0 Å². The van der Waals surface area contributed by atoms with Crippen LogP contribution in [0.2, 0.25) is 0 Å². The first-order chi connectivity index (χ1) is 18.3. The Bertz CT molecular complexity index is 1010. The molecule has 4 rings (SSSR count). The molecule has 0 aliphatic carbocycles. The van der Waals surface area contributed by atoms with Crippen LogP contribution < -0.4 is 0 Å². The molecule has 196 valence electrons. The first kappa shape index (κ1) is 27.2. The molecule has 4 atom stereocenters. The Morgan fingerprint density at radius 3 is 1.89 bits per heavy atom. The van der Waals surface area contributed by atoms with Gasteiger partial charge in [0.1, 0.15) is 12.2 Å². The summed E-state index contributed by atoms with van der Waals surface area (Å²) in [5.41, 5.74) is 3.35. The van der Waals surface area contributed by atoms with Gasteiger partial charge in [-0.3, -0.25) is 0 Å². The van der Waals surface area contributed by atoms with Gasteiger partial charge in [0.25, 0.3) is 0 Å². The third kappa shape index (κ3) is 9.22. The van der Waals surface area contributed by atoms with Crippen molar-refractivity contribution in [3.05, 3.63) is 120 Å². The minimum absolute atomic E-state index is 0.201. The number of unbranched alkanes of at least 4 members (excludes halogenated alkanes) is 1. The second kappa shape index (κ2) is 15.5. The van der Waals surface area contributed by atoms with Crippen LogP contribution in [0.25, 0.3) is 0 Å². The van der Waals surface area contributed by atoms with Crippen LogP contribution in [-0.4, -0.2) is 37.8 Å². The summed E-state index contributed by atoms with van der Waals surface area (Å²) in [5.74, 6) is 0. The molecular formula is C32H38O5. The van der Waals surface area contributed by atoms with Gasteiger partial charge in [-0.15, -0.1) is 6.58 Å². The molecule has 0 spiro atoms. The lowest BCUT2D eigenvalue weighted by molar-refractivity contribution is -0.278. The van der Waals surface area contributed by atoms with E-state index in [0.717, 1.165) is 29.5 Å². The minimum atomic E-state index is -0.382. The van der Waals surface area contributed by atoms with Gasteiger partial charge in [-0.25, -0.2) is 0 Å². The minimum Gasteiger partial charge on any atom is -0.374 e. The van der Waals surface area contributed by atoms with Crippen molar-refractivity contribution in [2.75, 3.05) is 13.2 Å². The molecule has 1 saturated heterocycles. The van der Waals surface area contributed by atoms with E-state index in [1.54, 1.807) is 0 Å². The highest BCUT2D eigenvalue weighted by molar-refractivity contribution is 5.15. The van der Waals surface area contributed by atoms with Crippen molar-refractivity contribution >= 4 is 0 Å². The van der Waals surface area contributed by atoms with Crippen LogP contribution in [0.4, 0.5) is 0 Å². The summed E-state index contributed by atoms with van der Waals surface area (Å²) in [6, 6.07) is 30.5. The largest absolute Gasteiger partial charge is 0.374 e. The molecule has 0 amide bonds. The molecule has 3 aromatic rings. The molecule has 1 aliphatic rings. The van der Waals surface area contributed by atoms with Gasteiger partial charge in [-0.1, -0.05) is 97.1 Å². The number of hydrogen-bond donors (Lipinski definition) is 0. The Morgan fingerprint density at radius 2 is 1.30 bits per heavy atom. The highest BCUT2D eigenvalue weighted by Gasteiger charge is 2.41. The summed E-state index contributed by atoms with van der Waals surface area (Å²) in [7, 11) is 0. The zero-order chi connectivity index (χ0) is 25.5. The summed E-state index contributed by atoms with van der Waals surface area (Å²) in [4.78, 5) is 0. The lowest BCUT2D eigenvalue weighted by Crippen LogP contribution is -2.53. The lowest BCUT2D eigenvalue weighted by atomic mass is 10.0. The average molecular weight is 503 g/mol. The SMILES string of the molecule is C=CCCCOC1C[C@@H](OCc2ccccc2)[C@H](OCc2ccccc2)[C@@H](COCc2ccccc2)O1. The number of ether oxygens (including phenoxy) is 5. The Morgan fingerprint density at radius 1 is 0.730 bits per heavy atom. The zero-order valence-corrected chi connectivity index (χ0v) is 21.5. The van der Waals surface area contributed by atoms with Crippen LogP contribution >= 0.6 is 0 Å². The van der Waals surface area contributed by atoms with Crippen LogP contribution in [0.5, 0.6) is 0 Å². The van der Waals surface area contributed by atoms with Crippen molar-refractivity contribution in [1.82, 2.24) is 0 Å². The van der Waals surface area contributed by atoms with E-state index in [-0.39, 0.29) is 24.6 Å². The first-order valence-electron chi connectivity index (χ1n) is 13.1. The van der Waals surface area contributed by atoms with Gasteiger partial charge in [-0.2, -0.15) is 0 Å². The second-order valence-electron chi connectivity index (χ2n) is 9.24. The molecule has 0 saturated carbocycles. The van der Waals surface area contributed by atoms with E-state index in [1.165, 1.54) is 0 Å². The van der Waals surface area contributed by atoms with Gasteiger partial charge >= 0.3 is 0 Å². The zero-order valence-electron chi connectivity index (χ0n) is 21.5. The highest BCUT2D eigenvalue weighted by Crippen LogP contribution is 2.28. The standard InChI is InChI=1S/C32H38O5/c1-2-3-13-20-34-31-21-29(35-23-27-16-9-5-10-17-27)32(36-24-28-18-11-6-12-19-28)30(37-31)25-33-22-26-14-7-4-8-15-26/h2,4-12,14-19,29-32H,1,3,13,20-25H2/t29-,30-,31?,32+/m1/s1. The smallest absolute Gasteiger partial charge is 0.160 e. The van der Waals surface area contributed by atoms with E-state index in [9.17, 15) is 0 Å². The topological polar surface area (TPSA) is 46.2 Å². The maximum absolute atomic E-state index is 6.48. The fourth-order valence-corrected chi connectivity index (χ4v) is 4.36. The van der Waals surface area contributed by atoms with E-state index in [1.807, 2.05) is 60.7 Å². The van der Waals surface area contributed by atoms with Crippen LogP contribution in [-0.2, 0) is 43.5 Å². The van der Waals surface area contributed by atoms with Gasteiger partial charge in [0, 0.05) is 6.42 Å². The van der Waals surface area contributed by atoms with Gasteiger partial charge < -0.3 is 23.7 Å². The van der Waals surface area contributed by atoms with E-state index in [2.05, 4.69) is 43.0 Å². The first-order valence-corrected chi connectivity index (χ1v) is 13.1. The summed E-state index contributed by atoms with van der Waals surface area (Å²) in [6.07, 6.45) is 3.11. The van der Waals surface area contributed by atoms with Crippen LogP contribution in [0, 0.1) is 0 Å². The van der Waals surface area contributed by atoms with E-state index < -0.39 is 0 Å². The Labute approximate surface area is 221 Å². The molecule has 3 aromatic carbocycles. The number of allylic oxidation sites excluding steroid dienone is 1. The number of hydrogen-bond acceptors (Lipinski definition) is 5. The van der Waals surface area contributed by atoms with Crippen molar-refractivity contribution in [3.8, 4) is 0 Å². The molecule has 0 aromatic heterocycles. The van der Waals surface area contributed by atoms with Gasteiger partial charge in [0.15, 0.2) is 6.29 Å². The van der Waals surface area contributed by atoms with Crippen molar-refractivity contribution in [3.63, 3.8) is 0 Å². The molecule has 1 unspecified atom stereocenters. The summed E-state index contributed by atoms with van der Waals surface area (Å²) < 4.78 is 31.6. The molecule has 5 heteroatoms. The predicted molar refractivity (Wildman–Crippen MR) is 145 cm³/mol. The fraction of sp³-hybridized carbons (Fsp3) is 0.375. The average Bonchev–Trinajstić information content (AvgIpc) is 2.95. The van der Waals surface area contributed by atoms with E-state index in [4.69, 9.17) is 23.7 Å². The normalized spacial score (nSPS) is 21.5. The second-order valence-corrected chi connectivity index (χ2v) is 9.24. The van der Waals surface area contributed by atoms with Crippen molar-refractivity contribution < 1.29 is 23.7 Å². The molecule has 0 radical (unpaired) electrons. The van der Waals surface area contributed by atoms with E-state index in [0.29, 0.717) is 39.5 Å². The van der Waals surface area contributed by atoms with Crippen molar-refractivity contribution in [1.29, 1.82) is 0 Å². The molecular weight excluding hydrogens is 464 g/mol. The van der Waals surface area contributed by atoms with Crippen molar-refractivity contribution in [2.45, 2.75) is 63.7 Å². The summed E-state index contributed by atoms with van der Waals surface area (Å²) >= 11 is 0. The predicted octanol–water partition coefficient (Wildman–Crippen LogP) is 6.47. The fourth-order valence-electron chi connectivity index (χ4n) is 4.36. The van der Waals surface area contributed by atoms with Gasteiger partial charge in [-0.05, 0) is 29.5 Å². The number of benzene rings is 3. The van der Waals surface area contributed by atoms with Gasteiger partial charge in [0.05, 0.1) is 39.1 Å². The summed E-state index contributed by atoms with van der Waals surface area (Å²) in [5, 5.41) is 0. The van der Waals surface area contributed by atoms with Crippen LogP contribution in [0.3, 0.4) is 0 Å². The molecule has 1 heterocycles. The number of rotatable bonds is 15. The molecule has 0 bridgehead atoms. The Kier molecular flexibility index (Phi) is 11.4. The molecule has 37 heavy (non-hydrogen) atoms. The molecule has 1 aliphatic heterocycles. The van der Waals surface area contributed by atoms with Crippen LogP contribution in [0.1, 0.15) is 36.0 Å². The maximum atomic E-state index is 6.48. The monoisotopic (exact) mass is 502 g/mol. The third-order valence-electron chi connectivity index (χ3n) is 6.33. The van der Waals surface area contributed by atoms with Gasteiger partial charge in [0.2, 0.25) is 0 Å². The molecule has 0 N–H and O–H groups in total. The maximum Gasteiger partial charge on any atom is 0.160 e. The van der Waals surface area contributed by atoms with Crippen LogP contribution in [0.15, 0.2) is 104 Å². The third-order valence-corrected chi connectivity index (χ3v) is 6.33. The van der Waals surface area contributed by atoms with E-state index >= 15 is 0 Å². The Balaban J connectivity index is 1.46. The quantitative estimate of drug-likeness (QED) is 0.176. The molecule has 1 fully saturated rings. The Hall–Kier alpha value is -2.80. The molecule has 5 nitrogen and oxygen atoms in total. The summed E-state index contributed by atoms with van der Waals surface area (Å²) in [6.45, 7) is 6.26. The lowest BCUT2D eigenvalue weighted by Gasteiger charge is -2.41. The highest BCUT2D eigenvalue weighted by atomic mass is 16.7.